The smallest absolute Gasteiger partial charge is 0.246 e. The Morgan fingerprint density at radius 1 is 0.962 bits per heavy atom. The summed E-state index contributed by atoms with van der Waals surface area (Å²) >= 11 is 0. The van der Waals surface area contributed by atoms with Gasteiger partial charge in [0.1, 0.15) is 12.2 Å². The molecule has 1 aliphatic heterocycles. The molecule has 5 N–H and O–H groups in total. The van der Waals surface area contributed by atoms with Gasteiger partial charge in [-0.25, -0.2) is 10.9 Å². The molecule has 138 valence electrons. The van der Waals surface area contributed by atoms with E-state index in [4.69, 9.17) is 9.47 Å². The van der Waals surface area contributed by atoms with Crippen LogP contribution in [0.2, 0.25) is 0 Å². The topological polar surface area (TPSA) is 95.7 Å². The van der Waals surface area contributed by atoms with E-state index in [-0.39, 0.29) is 12.1 Å². The number of carbonyl (C=O) groups is 1. The van der Waals surface area contributed by atoms with Crippen molar-refractivity contribution in [3.8, 4) is 11.5 Å². The van der Waals surface area contributed by atoms with Crippen molar-refractivity contribution in [2.24, 2.45) is 0 Å². The first-order valence-electron chi connectivity index (χ1n) is 8.23. The normalized spacial score (nSPS) is 19.0. The average Bonchev–Trinajstić information content (AvgIpc) is 3.11. The number of rotatable bonds is 6. The molecule has 0 saturated carbocycles. The summed E-state index contributed by atoms with van der Waals surface area (Å²) in [4.78, 5) is 12.7. The third kappa shape index (κ3) is 4.05. The predicted molar refractivity (Wildman–Crippen MR) is 100.0 cm³/mol. The SMILES string of the molecule is COc1ccc(NC(=O)C2NNNC2Nc2ccc(C)cc2)cc1OC. The van der Waals surface area contributed by atoms with Crippen molar-refractivity contribution in [3.63, 3.8) is 0 Å². The highest BCUT2D eigenvalue weighted by Crippen LogP contribution is 2.29. The Hall–Kier alpha value is -2.81. The van der Waals surface area contributed by atoms with Gasteiger partial charge in [0.15, 0.2) is 11.5 Å². The fourth-order valence-electron chi connectivity index (χ4n) is 2.66. The fourth-order valence-corrected chi connectivity index (χ4v) is 2.66. The number of aryl methyl sites for hydroxylation is 1. The van der Waals surface area contributed by atoms with E-state index in [2.05, 4.69) is 27.0 Å². The standard InChI is InChI=1S/C18H23N5O3/c1-11-4-6-12(7-5-11)19-17-16(21-23-22-17)18(24)20-13-8-9-14(25-2)15(10-13)26-3/h4-10,16-17,19,21-23H,1-3H3,(H,20,24). The van der Waals surface area contributed by atoms with Crippen molar-refractivity contribution in [1.29, 1.82) is 0 Å². The van der Waals surface area contributed by atoms with Gasteiger partial charge < -0.3 is 20.1 Å². The third-order valence-electron chi connectivity index (χ3n) is 4.10. The van der Waals surface area contributed by atoms with Gasteiger partial charge in [-0.1, -0.05) is 17.7 Å². The highest BCUT2D eigenvalue weighted by molar-refractivity contribution is 5.96. The number of hydrogen-bond donors (Lipinski definition) is 5. The highest BCUT2D eigenvalue weighted by Gasteiger charge is 2.32. The molecule has 1 aliphatic rings. The van der Waals surface area contributed by atoms with Crippen LogP contribution in [0.15, 0.2) is 42.5 Å². The van der Waals surface area contributed by atoms with Crippen LogP contribution >= 0.6 is 0 Å². The van der Waals surface area contributed by atoms with E-state index in [0.717, 1.165) is 5.69 Å². The summed E-state index contributed by atoms with van der Waals surface area (Å²) in [5.41, 5.74) is 11.4. The van der Waals surface area contributed by atoms with Gasteiger partial charge in [-0.2, -0.15) is 5.53 Å². The molecule has 3 rings (SSSR count). The zero-order valence-corrected chi connectivity index (χ0v) is 14.9. The van der Waals surface area contributed by atoms with Crippen molar-refractivity contribution in [1.82, 2.24) is 16.4 Å². The van der Waals surface area contributed by atoms with Gasteiger partial charge in [-0.15, -0.1) is 0 Å². The van der Waals surface area contributed by atoms with Gasteiger partial charge in [0.2, 0.25) is 5.91 Å². The predicted octanol–water partition coefficient (Wildman–Crippen LogP) is 1.37. The Bertz CT molecular complexity index is 766. The van der Waals surface area contributed by atoms with Crippen LogP contribution in [0.4, 0.5) is 11.4 Å². The van der Waals surface area contributed by atoms with Crippen molar-refractivity contribution in [3.05, 3.63) is 48.0 Å². The number of ether oxygens (including phenoxy) is 2. The van der Waals surface area contributed by atoms with Crippen molar-refractivity contribution in [2.75, 3.05) is 24.9 Å². The van der Waals surface area contributed by atoms with Gasteiger partial charge in [0.25, 0.3) is 0 Å². The van der Waals surface area contributed by atoms with E-state index in [0.29, 0.717) is 17.2 Å². The lowest BCUT2D eigenvalue weighted by atomic mass is 10.2. The second-order valence-electron chi connectivity index (χ2n) is 5.94. The fraction of sp³-hybridized carbons (Fsp3) is 0.278. The Morgan fingerprint density at radius 3 is 2.35 bits per heavy atom. The average molecular weight is 357 g/mol. The Kier molecular flexibility index (Phi) is 5.57. The quantitative estimate of drug-likeness (QED) is 0.533. The van der Waals surface area contributed by atoms with E-state index >= 15 is 0 Å². The summed E-state index contributed by atoms with van der Waals surface area (Å²) in [6.45, 7) is 2.03. The van der Waals surface area contributed by atoms with Crippen LogP contribution in [0.1, 0.15) is 5.56 Å². The number of amides is 1. The lowest BCUT2D eigenvalue weighted by Crippen LogP contribution is -2.47. The zero-order chi connectivity index (χ0) is 18.5. The van der Waals surface area contributed by atoms with Crippen LogP contribution in [0.3, 0.4) is 0 Å². The number of hydrogen-bond acceptors (Lipinski definition) is 7. The van der Waals surface area contributed by atoms with Crippen LogP contribution < -0.4 is 36.5 Å². The molecule has 1 heterocycles. The largest absolute Gasteiger partial charge is 0.493 e. The molecule has 0 aromatic heterocycles. The summed E-state index contributed by atoms with van der Waals surface area (Å²) in [6.07, 6.45) is -0.321. The molecular weight excluding hydrogens is 334 g/mol. The summed E-state index contributed by atoms with van der Waals surface area (Å²) in [6, 6.07) is 12.7. The molecule has 1 amide bonds. The molecule has 2 atom stereocenters. The first-order valence-corrected chi connectivity index (χ1v) is 8.23. The monoisotopic (exact) mass is 357 g/mol. The molecule has 1 saturated heterocycles. The van der Waals surface area contributed by atoms with E-state index in [1.54, 1.807) is 32.4 Å². The summed E-state index contributed by atoms with van der Waals surface area (Å²) in [7, 11) is 3.12. The van der Waals surface area contributed by atoms with Gasteiger partial charge in [-0.3, -0.25) is 4.79 Å². The Balaban J connectivity index is 1.67. The van der Waals surface area contributed by atoms with Crippen molar-refractivity contribution in [2.45, 2.75) is 19.1 Å². The van der Waals surface area contributed by atoms with Gasteiger partial charge >= 0.3 is 0 Å². The molecule has 8 nitrogen and oxygen atoms in total. The van der Waals surface area contributed by atoms with E-state index in [9.17, 15) is 4.79 Å². The Morgan fingerprint density at radius 2 is 1.65 bits per heavy atom. The van der Waals surface area contributed by atoms with E-state index < -0.39 is 6.04 Å². The number of nitrogens with one attached hydrogen (secondary N) is 5. The number of carbonyl (C=O) groups excluding carboxylic acids is 1. The van der Waals surface area contributed by atoms with Crippen LogP contribution in [-0.2, 0) is 4.79 Å². The summed E-state index contributed by atoms with van der Waals surface area (Å²) in [5, 5.41) is 6.16. The number of benzene rings is 2. The lowest BCUT2D eigenvalue weighted by Gasteiger charge is -2.20. The molecule has 26 heavy (non-hydrogen) atoms. The number of anilines is 2. The second-order valence-corrected chi connectivity index (χ2v) is 5.94. The minimum Gasteiger partial charge on any atom is -0.493 e. The van der Waals surface area contributed by atoms with Crippen LogP contribution in [-0.4, -0.2) is 32.3 Å². The third-order valence-corrected chi connectivity index (χ3v) is 4.10. The molecule has 0 radical (unpaired) electrons. The van der Waals surface area contributed by atoms with Crippen molar-refractivity contribution >= 4 is 17.3 Å². The Labute approximate surface area is 152 Å². The molecule has 0 bridgehead atoms. The first kappa shape index (κ1) is 18.0. The molecule has 2 aromatic carbocycles. The lowest BCUT2D eigenvalue weighted by molar-refractivity contribution is -0.118. The molecule has 0 spiro atoms. The summed E-state index contributed by atoms with van der Waals surface area (Å²) in [5.74, 6) is 0.960. The molecule has 2 aromatic rings. The number of hydrazine groups is 2. The zero-order valence-electron chi connectivity index (χ0n) is 14.9. The minimum atomic E-state index is -0.524. The van der Waals surface area contributed by atoms with Gasteiger partial charge in [-0.05, 0) is 31.2 Å². The van der Waals surface area contributed by atoms with Gasteiger partial charge in [0, 0.05) is 17.4 Å². The van der Waals surface area contributed by atoms with E-state index in [1.165, 1.54) is 5.56 Å². The molecule has 0 aliphatic carbocycles. The molecule has 1 fully saturated rings. The minimum absolute atomic E-state index is 0.195. The molecule has 2 unspecified atom stereocenters. The number of methoxy groups -OCH3 is 2. The maximum atomic E-state index is 12.7. The highest BCUT2D eigenvalue weighted by atomic mass is 16.5. The second kappa shape index (κ2) is 8.05. The first-order chi connectivity index (χ1) is 12.6. The molecule has 8 heteroatoms. The molecular formula is C18H23N5O3. The van der Waals surface area contributed by atoms with Crippen LogP contribution in [0.25, 0.3) is 0 Å². The van der Waals surface area contributed by atoms with Crippen LogP contribution in [0.5, 0.6) is 11.5 Å². The maximum absolute atomic E-state index is 12.7. The van der Waals surface area contributed by atoms with E-state index in [1.807, 2.05) is 31.2 Å². The van der Waals surface area contributed by atoms with Crippen LogP contribution in [0, 0.1) is 6.92 Å². The van der Waals surface area contributed by atoms with Crippen molar-refractivity contribution < 1.29 is 14.3 Å². The van der Waals surface area contributed by atoms with Gasteiger partial charge in [0.05, 0.1) is 14.2 Å². The summed E-state index contributed by atoms with van der Waals surface area (Å²) < 4.78 is 10.5. The maximum Gasteiger partial charge on any atom is 0.246 e.